The first-order valence-corrected chi connectivity index (χ1v) is 14.7. The number of rotatable bonds is 7. The number of anilines is 1. The summed E-state index contributed by atoms with van der Waals surface area (Å²) in [5, 5.41) is 3.43. The molecule has 6 nitrogen and oxygen atoms in total. The van der Waals surface area contributed by atoms with Gasteiger partial charge in [0.1, 0.15) is 5.15 Å². The molecule has 3 rings (SSSR count). The number of carbonyl (C=O) groups is 1. The lowest BCUT2D eigenvalue weighted by Crippen LogP contribution is -2.42. The molecule has 2 aromatic rings. The van der Waals surface area contributed by atoms with Gasteiger partial charge in [0.25, 0.3) is 0 Å². The lowest BCUT2D eigenvalue weighted by Gasteiger charge is -2.34. The summed E-state index contributed by atoms with van der Waals surface area (Å²) < 4.78 is 52.8. The molecule has 0 bridgehead atoms. The molecule has 0 fully saturated rings. The van der Waals surface area contributed by atoms with E-state index in [4.69, 9.17) is 11.6 Å². The first-order valence-electron chi connectivity index (χ1n) is 12.4. The topological polar surface area (TPSA) is 88.5 Å². The summed E-state index contributed by atoms with van der Waals surface area (Å²) in [4.78, 5) is 22.9. The Morgan fingerprint density at radius 2 is 1.84 bits per heavy atom. The number of pyridine rings is 1. The number of benzene rings is 1. The number of halogens is 3. The zero-order valence-corrected chi connectivity index (χ0v) is 23.6. The minimum absolute atomic E-state index is 0.0606. The van der Waals surface area contributed by atoms with E-state index >= 15 is 0 Å². The van der Waals surface area contributed by atoms with Crippen molar-refractivity contribution in [2.45, 2.75) is 71.2 Å². The highest BCUT2D eigenvalue weighted by Crippen LogP contribution is 2.39. The molecule has 1 aliphatic rings. The number of nitrogens with zero attached hydrogens (tertiary/aromatic N) is 2. The number of Topliss-reactive ketones (excluding diaryl/α,β-unsaturated/α-hetero) is 1. The van der Waals surface area contributed by atoms with Crippen LogP contribution in [0.2, 0.25) is 5.15 Å². The van der Waals surface area contributed by atoms with E-state index in [1.165, 1.54) is 13.0 Å². The Kier molecular flexibility index (Phi) is 8.79. The molecular weight excluding hydrogens is 520 g/mol. The van der Waals surface area contributed by atoms with Crippen LogP contribution >= 0.6 is 11.6 Å². The summed E-state index contributed by atoms with van der Waals surface area (Å²) >= 11 is 6.37. The van der Waals surface area contributed by atoms with Crippen LogP contribution in [0.3, 0.4) is 0 Å². The van der Waals surface area contributed by atoms with Crippen molar-refractivity contribution in [2.75, 3.05) is 11.6 Å². The number of amidine groups is 1. The van der Waals surface area contributed by atoms with Crippen molar-refractivity contribution in [2.24, 2.45) is 22.7 Å². The van der Waals surface area contributed by atoms with Gasteiger partial charge >= 0.3 is 0 Å². The van der Waals surface area contributed by atoms with Crippen molar-refractivity contribution in [1.82, 2.24) is 4.98 Å². The molecule has 1 aromatic heterocycles. The molecule has 2 heterocycles. The fourth-order valence-corrected chi connectivity index (χ4v) is 5.62. The van der Waals surface area contributed by atoms with Crippen LogP contribution in [-0.4, -0.2) is 37.2 Å². The number of nitrogens with one attached hydrogen (secondary N) is 1. The van der Waals surface area contributed by atoms with Gasteiger partial charge in [0.15, 0.2) is 15.7 Å². The number of fused-ring (bicyclic) bond motifs is 1. The summed E-state index contributed by atoms with van der Waals surface area (Å²) in [5.41, 5.74) is 3.39. The molecule has 202 valence electrons. The summed E-state index contributed by atoms with van der Waals surface area (Å²) in [6.45, 7) is 7.93. The van der Waals surface area contributed by atoms with Crippen LogP contribution in [0.25, 0.3) is 0 Å². The normalized spacial score (nSPS) is 20.7. The van der Waals surface area contributed by atoms with Gasteiger partial charge in [0.2, 0.25) is 11.7 Å². The average Bonchev–Trinajstić information content (AvgIpc) is 2.82. The van der Waals surface area contributed by atoms with Crippen LogP contribution in [0.1, 0.15) is 57.0 Å². The number of sulfone groups is 1. The molecule has 0 saturated carbocycles. The summed E-state index contributed by atoms with van der Waals surface area (Å²) in [6, 6.07) is 6.64. The van der Waals surface area contributed by atoms with E-state index in [1.807, 2.05) is 13.8 Å². The molecule has 10 heteroatoms. The number of carbonyl (C=O) groups excluding carboxylic acids is 1. The van der Waals surface area contributed by atoms with Gasteiger partial charge < -0.3 is 5.32 Å². The second-order valence-electron chi connectivity index (χ2n) is 9.90. The lowest BCUT2D eigenvalue weighted by molar-refractivity contribution is -0.121. The van der Waals surface area contributed by atoms with Crippen molar-refractivity contribution in [3.05, 3.63) is 51.8 Å². The zero-order valence-electron chi connectivity index (χ0n) is 22.0. The van der Waals surface area contributed by atoms with Crippen molar-refractivity contribution in [1.29, 1.82) is 0 Å². The maximum atomic E-state index is 14.4. The Bertz CT molecular complexity index is 1320. The Morgan fingerprint density at radius 1 is 1.19 bits per heavy atom. The van der Waals surface area contributed by atoms with E-state index in [9.17, 15) is 22.0 Å². The van der Waals surface area contributed by atoms with Gasteiger partial charge in [0, 0.05) is 18.1 Å². The monoisotopic (exact) mass is 553 g/mol. The maximum absolute atomic E-state index is 14.4. The molecule has 0 radical (unpaired) electrons. The third kappa shape index (κ3) is 6.55. The molecule has 0 aliphatic carbocycles. The number of hydrogen-bond donors (Lipinski definition) is 1. The molecule has 3 atom stereocenters. The van der Waals surface area contributed by atoms with E-state index in [2.05, 4.69) is 15.3 Å². The fraction of sp³-hybridized carbons (Fsp3) is 0.519. The predicted molar refractivity (Wildman–Crippen MR) is 143 cm³/mol. The first kappa shape index (κ1) is 29.2. The highest BCUT2D eigenvalue weighted by Gasteiger charge is 2.43. The van der Waals surface area contributed by atoms with Gasteiger partial charge in [-0.3, -0.25) is 9.79 Å². The van der Waals surface area contributed by atoms with Crippen LogP contribution in [-0.2, 0) is 40.4 Å². The highest BCUT2D eigenvalue weighted by atomic mass is 35.5. The number of hydrogen-bond acceptors (Lipinski definition) is 5. The molecule has 1 aromatic carbocycles. The van der Waals surface area contributed by atoms with Gasteiger partial charge in [-0.1, -0.05) is 45.4 Å². The van der Waals surface area contributed by atoms with Gasteiger partial charge in [0.05, 0.1) is 22.8 Å². The van der Waals surface area contributed by atoms with Crippen LogP contribution in [0, 0.1) is 17.8 Å². The number of aryl methyl sites for hydroxylation is 2. The van der Waals surface area contributed by atoms with Crippen LogP contribution in [0.5, 0.6) is 0 Å². The van der Waals surface area contributed by atoms with E-state index in [1.54, 1.807) is 25.1 Å². The number of aliphatic imine (C=N–C) groups is 1. The maximum Gasteiger partial charge on any atom is 0.248 e. The lowest BCUT2D eigenvalue weighted by atomic mass is 9.74. The molecule has 37 heavy (non-hydrogen) atoms. The molecule has 0 spiro atoms. The number of ketones is 1. The molecule has 3 unspecified atom stereocenters. The van der Waals surface area contributed by atoms with Gasteiger partial charge in [-0.05, 0) is 67.0 Å². The standard InChI is InChI=1S/C27H34ClF2N3O3S/c1-7-17-11-20(37(6,35)36)10-9-19(17)14-31-26-24(34)15(3)21(16(4)27(5,29)30)13-23-22(33-26)12-18(8-2)25(28)32-23/h9-12,15-16,21H,7-8,13-14H2,1-6H3,(H,31,33). The Labute approximate surface area is 222 Å². The predicted octanol–water partition coefficient (Wildman–Crippen LogP) is 5.94. The molecule has 1 aliphatic heterocycles. The van der Waals surface area contributed by atoms with E-state index in [0.29, 0.717) is 29.4 Å². The van der Waals surface area contributed by atoms with Crippen molar-refractivity contribution in [3.8, 4) is 0 Å². The zero-order chi connectivity index (χ0) is 27.7. The Balaban J connectivity index is 2.09. The van der Waals surface area contributed by atoms with Gasteiger partial charge in [-0.15, -0.1) is 0 Å². The second-order valence-corrected chi connectivity index (χ2v) is 12.3. The van der Waals surface area contributed by atoms with Crippen molar-refractivity contribution < 1.29 is 22.0 Å². The third-order valence-corrected chi connectivity index (χ3v) is 8.75. The molecule has 0 amide bonds. The second kappa shape index (κ2) is 11.2. The highest BCUT2D eigenvalue weighted by molar-refractivity contribution is 7.90. The largest absolute Gasteiger partial charge is 0.336 e. The van der Waals surface area contributed by atoms with Crippen LogP contribution < -0.4 is 5.32 Å². The summed E-state index contributed by atoms with van der Waals surface area (Å²) in [5.74, 6) is -5.80. The summed E-state index contributed by atoms with van der Waals surface area (Å²) in [6.07, 6.45) is 2.51. The van der Waals surface area contributed by atoms with E-state index < -0.39 is 33.5 Å². The van der Waals surface area contributed by atoms with Crippen LogP contribution in [0.4, 0.5) is 14.5 Å². The minimum Gasteiger partial charge on any atom is -0.336 e. The fourth-order valence-electron chi connectivity index (χ4n) is 4.66. The Hall–Kier alpha value is -2.39. The SMILES string of the molecule is CCc1cc(S(C)(=O)=O)ccc1CN=C1Nc2cc(CC)c(Cl)nc2CC(C(C)C(C)(F)F)C(C)C1=O. The summed E-state index contributed by atoms with van der Waals surface area (Å²) in [7, 11) is -3.36. The number of alkyl halides is 2. The average molecular weight is 554 g/mol. The van der Waals surface area contributed by atoms with Crippen molar-refractivity contribution >= 4 is 38.7 Å². The first-order chi connectivity index (χ1) is 17.2. The minimum atomic E-state index is -3.36. The molecule has 0 saturated heterocycles. The quantitative estimate of drug-likeness (QED) is 0.428. The van der Waals surface area contributed by atoms with Gasteiger partial charge in [-0.25, -0.2) is 22.2 Å². The molecule has 1 N–H and O–H groups in total. The van der Waals surface area contributed by atoms with E-state index in [-0.39, 0.29) is 29.5 Å². The van der Waals surface area contributed by atoms with Gasteiger partial charge in [-0.2, -0.15) is 0 Å². The number of aromatic nitrogens is 1. The third-order valence-electron chi connectivity index (χ3n) is 7.32. The smallest absolute Gasteiger partial charge is 0.248 e. The van der Waals surface area contributed by atoms with E-state index in [0.717, 1.165) is 29.9 Å². The Morgan fingerprint density at radius 3 is 2.41 bits per heavy atom. The molecular formula is C27H34ClF2N3O3S. The van der Waals surface area contributed by atoms with Crippen molar-refractivity contribution in [3.63, 3.8) is 0 Å². The van der Waals surface area contributed by atoms with Crippen LogP contribution in [0.15, 0.2) is 34.2 Å².